The quantitative estimate of drug-likeness (QED) is 0.0927. The lowest BCUT2D eigenvalue weighted by atomic mass is 10.2. The van der Waals surface area contributed by atoms with Gasteiger partial charge in [-0.2, -0.15) is 0 Å². The maximum absolute atomic E-state index is 12.1. The normalized spacial score (nSPS) is 16.0. The minimum absolute atomic E-state index is 0.421. The first kappa shape index (κ1) is 38.7. The van der Waals surface area contributed by atoms with Gasteiger partial charge in [0.25, 0.3) is 10.5 Å². The third kappa shape index (κ3) is 8.39. The highest BCUT2D eigenvalue weighted by Crippen LogP contribution is 2.26. The minimum Gasteiger partial charge on any atom is -0.425 e. The van der Waals surface area contributed by atoms with Gasteiger partial charge in [-0.1, -0.05) is 170 Å². The van der Waals surface area contributed by atoms with E-state index in [9.17, 15) is 9.59 Å². The molecule has 11 heteroatoms. The summed E-state index contributed by atoms with van der Waals surface area (Å²) < 4.78 is 23.2. The van der Waals surface area contributed by atoms with E-state index in [1.807, 2.05) is 97.1 Å². The van der Waals surface area contributed by atoms with Crippen LogP contribution in [0.3, 0.4) is 0 Å². The maximum Gasteiger partial charge on any atom is 0.350 e. The Hall–Kier alpha value is -4.01. The van der Waals surface area contributed by atoms with Crippen LogP contribution in [-0.2, 0) is 12.3 Å². The maximum atomic E-state index is 12.1. The lowest BCUT2D eigenvalue weighted by Crippen LogP contribution is -2.74. The van der Waals surface area contributed by atoms with Crippen LogP contribution >= 0.6 is 23.2 Å². The van der Waals surface area contributed by atoms with Crippen LogP contribution in [0.2, 0.25) is 26.2 Å². The summed E-state index contributed by atoms with van der Waals surface area (Å²) in [5.74, 6) is 0. The van der Waals surface area contributed by atoms with E-state index in [1.54, 1.807) is 24.3 Å². The van der Waals surface area contributed by atoms with Gasteiger partial charge in [-0.3, -0.25) is 9.59 Å². The molecule has 0 spiro atoms. The standard InChI is InChI=1S/C42H40Cl2O5Si4/c1-50(35-17-9-5-10-18-35,37-29-25-33(26-30-37)41(43)45)47-52(3,39-21-13-7-14-22-39)49-53(4,40-23-15-8-16-24-40)48-51(2,36-19-11-6-12-20-36)38-31-27-34(28-32-38)42(44)46/h5-32H,1-4H3. The molecule has 268 valence electrons. The van der Waals surface area contributed by atoms with Crippen LogP contribution in [0.5, 0.6) is 0 Å². The molecule has 6 aromatic carbocycles. The molecule has 0 amide bonds. The van der Waals surface area contributed by atoms with Gasteiger partial charge in [0, 0.05) is 11.1 Å². The largest absolute Gasteiger partial charge is 0.425 e. The fraction of sp³-hybridized carbons (Fsp3) is 0.0952. The van der Waals surface area contributed by atoms with Crippen molar-refractivity contribution in [3.8, 4) is 0 Å². The zero-order valence-electron chi connectivity index (χ0n) is 30.0. The second kappa shape index (κ2) is 16.2. The molecule has 6 aromatic rings. The predicted octanol–water partition coefficient (Wildman–Crippen LogP) is 6.53. The summed E-state index contributed by atoms with van der Waals surface area (Å²) in [6, 6.07) is 55.7. The fourth-order valence-electron chi connectivity index (χ4n) is 6.83. The van der Waals surface area contributed by atoms with Crippen molar-refractivity contribution in [2.24, 2.45) is 0 Å². The summed E-state index contributed by atoms with van der Waals surface area (Å²) in [5.41, 5.74) is 0.843. The molecule has 0 bridgehead atoms. The molecule has 6 rings (SSSR count). The fourth-order valence-corrected chi connectivity index (χ4v) is 26.7. The van der Waals surface area contributed by atoms with Crippen LogP contribution in [-0.4, -0.2) is 44.2 Å². The van der Waals surface area contributed by atoms with Gasteiger partial charge in [-0.05, 0) is 80.5 Å². The monoisotopic (exact) mass is 806 g/mol. The molecule has 0 saturated heterocycles. The molecular weight excluding hydrogens is 768 g/mol. The van der Waals surface area contributed by atoms with E-state index in [4.69, 9.17) is 35.5 Å². The Balaban J connectivity index is 1.54. The van der Waals surface area contributed by atoms with Crippen LogP contribution < -0.4 is 31.1 Å². The van der Waals surface area contributed by atoms with Gasteiger partial charge in [0.15, 0.2) is 0 Å². The highest BCUT2D eigenvalue weighted by Gasteiger charge is 2.54. The van der Waals surface area contributed by atoms with Crippen molar-refractivity contribution >= 4 is 98.6 Å². The Bertz CT molecular complexity index is 2010. The van der Waals surface area contributed by atoms with Gasteiger partial charge in [-0.15, -0.1) is 0 Å². The molecule has 0 N–H and O–H groups in total. The van der Waals surface area contributed by atoms with Crippen LogP contribution in [0, 0.1) is 0 Å². The molecule has 53 heavy (non-hydrogen) atoms. The molecule has 0 aliphatic carbocycles. The highest BCUT2D eigenvalue weighted by molar-refractivity contribution is 7.07. The number of hydrogen-bond acceptors (Lipinski definition) is 5. The first-order valence-electron chi connectivity index (χ1n) is 17.3. The zero-order chi connectivity index (χ0) is 37.7. The molecule has 0 heterocycles. The van der Waals surface area contributed by atoms with Crippen molar-refractivity contribution in [1.29, 1.82) is 0 Å². The molecule has 0 aliphatic rings. The van der Waals surface area contributed by atoms with Crippen LogP contribution in [0.1, 0.15) is 20.7 Å². The molecule has 0 aliphatic heterocycles. The van der Waals surface area contributed by atoms with Gasteiger partial charge in [0.05, 0.1) is 0 Å². The Morgan fingerprint density at radius 2 is 0.604 bits per heavy atom. The molecule has 5 nitrogen and oxygen atoms in total. The van der Waals surface area contributed by atoms with Crippen molar-refractivity contribution in [1.82, 2.24) is 0 Å². The van der Waals surface area contributed by atoms with E-state index >= 15 is 0 Å². The Morgan fingerprint density at radius 3 is 0.868 bits per heavy atom. The predicted molar refractivity (Wildman–Crippen MR) is 227 cm³/mol. The number of hydrogen-bond donors (Lipinski definition) is 0. The average molecular weight is 808 g/mol. The van der Waals surface area contributed by atoms with Gasteiger partial charge >= 0.3 is 17.1 Å². The Morgan fingerprint density at radius 1 is 0.358 bits per heavy atom. The van der Waals surface area contributed by atoms with E-state index < -0.39 is 44.2 Å². The molecule has 0 radical (unpaired) electrons. The summed E-state index contributed by atoms with van der Waals surface area (Å²) in [4.78, 5) is 24.1. The number of carbonyl (C=O) groups is 2. The van der Waals surface area contributed by atoms with Crippen LogP contribution in [0.15, 0.2) is 170 Å². The summed E-state index contributed by atoms with van der Waals surface area (Å²) in [7, 11) is -13.0. The SMILES string of the molecule is C[Si](O[Si](C)(O[Si](C)(c1ccccc1)c1ccc(C(=O)Cl)cc1)c1ccccc1)(O[Si](C)(c1ccccc1)c1ccc(C(=O)Cl)cc1)c1ccccc1. The zero-order valence-corrected chi connectivity index (χ0v) is 35.5. The number of rotatable bonds is 14. The second-order valence-electron chi connectivity index (χ2n) is 13.4. The molecule has 4 unspecified atom stereocenters. The van der Waals surface area contributed by atoms with Crippen molar-refractivity contribution < 1.29 is 21.9 Å². The third-order valence-electron chi connectivity index (χ3n) is 9.76. The van der Waals surface area contributed by atoms with E-state index in [2.05, 4.69) is 74.7 Å². The van der Waals surface area contributed by atoms with E-state index in [0.717, 1.165) is 31.1 Å². The van der Waals surface area contributed by atoms with Gasteiger partial charge < -0.3 is 12.3 Å². The van der Waals surface area contributed by atoms with E-state index in [-0.39, 0.29) is 0 Å². The first-order valence-corrected chi connectivity index (χ1v) is 27.5. The van der Waals surface area contributed by atoms with Crippen molar-refractivity contribution in [2.45, 2.75) is 26.2 Å². The Labute approximate surface area is 325 Å². The summed E-state index contributed by atoms with van der Waals surface area (Å²) in [6.07, 6.45) is 0. The Kier molecular flexibility index (Phi) is 11.8. The van der Waals surface area contributed by atoms with E-state index in [1.165, 1.54) is 0 Å². The number of carbonyl (C=O) groups excluding carboxylic acids is 2. The average Bonchev–Trinajstić information content (AvgIpc) is 3.19. The first-order chi connectivity index (χ1) is 25.4. The number of benzene rings is 6. The third-order valence-corrected chi connectivity index (χ3v) is 28.2. The van der Waals surface area contributed by atoms with Gasteiger partial charge in [-0.25, -0.2) is 0 Å². The minimum atomic E-state index is -3.44. The second-order valence-corrected chi connectivity index (χ2v) is 27.9. The summed E-state index contributed by atoms with van der Waals surface area (Å²) in [5, 5.41) is 4.98. The molecule has 0 saturated carbocycles. The van der Waals surface area contributed by atoms with Crippen molar-refractivity contribution in [3.63, 3.8) is 0 Å². The van der Waals surface area contributed by atoms with E-state index in [0.29, 0.717) is 11.1 Å². The number of halogens is 2. The summed E-state index contributed by atoms with van der Waals surface area (Å²) in [6.45, 7) is 8.60. The molecule has 0 fully saturated rings. The lowest BCUT2D eigenvalue weighted by Gasteiger charge is -2.45. The smallest absolute Gasteiger partial charge is 0.350 e. The van der Waals surface area contributed by atoms with Crippen LogP contribution in [0.25, 0.3) is 0 Å². The van der Waals surface area contributed by atoms with Gasteiger partial charge in [0.2, 0.25) is 16.6 Å². The van der Waals surface area contributed by atoms with Gasteiger partial charge in [0.1, 0.15) is 0 Å². The summed E-state index contributed by atoms with van der Waals surface area (Å²) >= 11 is 11.7. The van der Waals surface area contributed by atoms with Crippen molar-refractivity contribution in [3.05, 3.63) is 181 Å². The topological polar surface area (TPSA) is 61.8 Å². The van der Waals surface area contributed by atoms with Crippen LogP contribution in [0.4, 0.5) is 0 Å². The molecular formula is C42H40Cl2O5Si4. The molecule has 4 atom stereocenters. The highest BCUT2D eigenvalue weighted by atomic mass is 35.5. The lowest BCUT2D eigenvalue weighted by molar-refractivity contribution is 0.107. The molecule has 0 aromatic heterocycles. The van der Waals surface area contributed by atoms with Crippen molar-refractivity contribution in [2.75, 3.05) is 0 Å².